The van der Waals surface area contributed by atoms with Crippen molar-refractivity contribution < 1.29 is 9.53 Å². The van der Waals surface area contributed by atoms with Crippen molar-refractivity contribution in [2.75, 3.05) is 6.61 Å². The zero-order chi connectivity index (χ0) is 11.6. The zero-order valence-electron chi connectivity index (χ0n) is 10.7. The molecule has 1 saturated carbocycles. The van der Waals surface area contributed by atoms with Crippen molar-refractivity contribution in [3.8, 4) is 0 Å². The van der Waals surface area contributed by atoms with E-state index in [1.165, 1.54) is 44.9 Å². The average molecular weight is 226 g/mol. The molecule has 0 radical (unpaired) electrons. The van der Waals surface area contributed by atoms with Crippen LogP contribution in [-0.4, -0.2) is 12.6 Å². The van der Waals surface area contributed by atoms with E-state index in [1.807, 2.05) is 6.92 Å². The van der Waals surface area contributed by atoms with E-state index in [1.54, 1.807) is 0 Å². The summed E-state index contributed by atoms with van der Waals surface area (Å²) in [5, 5.41) is 0. The van der Waals surface area contributed by atoms with E-state index >= 15 is 0 Å². The van der Waals surface area contributed by atoms with E-state index in [2.05, 4.69) is 0 Å². The molecule has 0 aromatic rings. The Hall–Kier alpha value is -0.530. The highest BCUT2D eigenvalue weighted by Crippen LogP contribution is 2.27. The van der Waals surface area contributed by atoms with E-state index in [-0.39, 0.29) is 5.97 Å². The Morgan fingerprint density at radius 2 is 1.94 bits per heavy atom. The van der Waals surface area contributed by atoms with E-state index in [4.69, 9.17) is 4.74 Å². The first-order valence-electron chi connectivity index (χ1n) is 6.98. The standard InChI is InChI=1S/C14H26O2/c1-2-12-16-14(15)11-7-6-10-13-8-4-3-5-9-13/h13H,2-12H2,1H3. The predicted octanol–water partition coefficient (Wildman–Crippen LogP) is 4.08. The highest BCUT2D eigenvalue weighted by atomic mass is 16.5. The van der Waals surface area contributed by atoms with Crippen molar-refractivity contribution in [1.82, 2.24) is 0 Å². The molecule has 1 fully saturated rings. The van der Waals surface area contributed by atoms with Crippen molar-refractivity contribution in [3.05, 3.63) is 0 Å². The Morgan fingerprint density at radius 3 is 2.62 bits per heavy atom. The third-order valence-electron chi connectivity index (χ3n) is 3.44. The molecule has 0 spiro atoms. The van der Waals surface area contributed by atoms with Gasteiger partial charge in [-0.1, -0.05) is 51.9 Å². The third-order valence-corrected chi connectivity index (χ3v) is 3.44. The van der Waals surface area contributed by atoms with Crippen LogP contribution in [-0.2, 0) is 9.53 Å². The van der Waals surface area contributed by atoms with Crippen LogP contribution in [0.3, 0.4) is 0 Å². The maximum Gasteiger partial charge on any atom is 0.305 e. The van der Waals surface area contributed by atoms with Gasteiger partial charge < -0.3 is 4.74 Å². The van der Waals surface area contributed by atoms with Crippen molar-refractivity contribution in [3.63, 3.8) is 0 Å². The Balaban J connectivity index is 1.92. The monoisotopic (exact) mass is 226 g/mol. The van der Waals surface area contributed by atoms with E-state index in [0.717, 1.165) is 18.8 Å². The maximum absolute atomic E-state index is 11.2. The smallest absolute Gasteiger partial charge is 0.305 e. The number of esters is 1. The first-order chi connectivity index (χ1) is 7.83. The van der Waals surface area contributed by atoms with Crippen LogP contribution in [0.15, 0.2) is 0 Å². The summed E-state index contributed by atoms with van der Waals surface area (Å²) in [6, 6.07) is 0. The summed E-state index contributed by atoms with van der Waals surface area (Å²) >= 11 is 0. The topological polar surface area (TPSA) is 26.3 Å². The summed E-state index contributed by atoms with van der Waals surface area (Å²) in [6.07, 6.45) is 12.2. The van der Waals surface area contributed by atoms with Gasteiger partial charge >= 0.3 is 5.97 Å². The number of hydrogen-bond acceptors (Lipinski definition) is 2. The number of carbonyl (C=O) groups is 1. The van der Waals surface area contributed by atoms with Gasteiger partial charge in [-0.05, 0) is 18.8 Å². The van der Waals surface area contributed by atoms with Crippen LogP contribution in [0.4, 0.5) is 0 Å². The number of carbonyl (C=O) groups excluding carboxylic acids is 1. The molecule has 2 heteroatoms. The molecule has 1 aliphatic carbocycles. The minimum absolute atomic E-state index is 0.00880. The number of unbranched alkanes of at least 4 members (excludes halogenated alkanes) is 1. The quantitative estimate of drug-likeness (QED) is 0.483. The van der Waals surface area contributed by atoms with Crippen LogP contribution in [0.5, 0.6) is 0 Å². The van der Waals surface area contributed by atoms with Crippen LogP contribution in [0, 0.1) is 5.92 Å². The Bertz CT molecular complexity index is 183. The Morgan fingerprint density at radius 1 is 1.19 bits per heavy atom. The molecule has 0 aliphatic heterocycles. The fourth-order valence-corrected chi connectivity index (χ4v) is 2.47. The minimum atomic E-state index is -0.00880. The number of ether oxygens (including phenoxy) is 1. The van der Waals surface area contributed by atoms with Gasteiger partial charge in [0.2, 0.25) is 0 Å². The molecule has 0 aromatic heterocycles. The SMILES string of the molecule is CCCOC(=O)CCCCC1CCCCC1. The van der Waals surface area contributed by atoms with Gasteiger partial charge in [0.05, 0.1) is 6.61 Å². The summed E-state index contributed by atoms with van der Waals surface area (Å²) in [6.45, 7) is 2.61. The van der Waals surface area contributed by atoms with Gasteiger partial charge in [0, 0.05) is 6.42 Å². The summed E-state index contributed by atoms with van der Waals surface area (Å²) in [7, 11) is 0. The van der Waals surface area contributed by atoms with Crippen LogP contribution in [0.2, 0.25) is 0 Å². The van der Waals surface area contributed by atoms with Gasteiger partial charge in [-0.3, -0.25) is 4.79 Å². The molecule has 0 N–H and O–H groups in total. The molecule has 94 valence electrons. The fraction of sp³-hybridized carbons (Fsp3) is 0.929. The van der Waals surface area contributed by atoms with E-state index in [9.17, 15) is 4.79 Å². The molecule has 0 amide bonds. The van der Waals surface area contributed by atoms with E-state index in [0.29, 0.717) is 13.0 Å². The second-order valence-corrected chi connectivity index (χ2v) is 4.97. The Kier molecular flexibility index (Phi) is 7.28. The van der Waals surface area contributed by atoms with E-state index < -0.39 is 0 Å². The molecule has 0 aromatic carbocycles. The minimum Gasteiger partial charge on any atom is -0.466 e. The summed E-state index contributed by atoms with van der Waals surface area (Å²) in [5.41, 5.74) is 0. The largest absolute Gasteiger partial charge is 0.466 e. The highest BCUT2D eigenvalue weighted by Gasteiger charge is 2.12. The van der Waals surface area contributed by atoms with Gasteiger partial charge in [-0.25, -0.2) is 0 Å². The highest BCUT2D eigenvalue weighted by molar-refractivity contribution is 5.69. The number of hydrogen-bond donors (Lipinski definition) is 0. The predicted molar refractivity (Wildman–Crippen MR) is 66.3 cm³/mol. The summed E-state index contributed by atoms with van der Waals surface area (Å²) in [4.78, 5) is 11.2. The third kappa shape index (κ3) is 6.14. The van der Waals surface area contributed by atoms with Crippen LogP contribution in [0.25, 0.3) is 0 Å². The lowest BCUT2D eigenvalue weighted by molar-refractivity contribution is -0.143. The van der Waals surface area contributed by atoms with Crippen molar-refractivity contribution in [2.24, 2.45) is 5.92 Å². The molecule has 0 heterocycles. The van der Waals surface area contributed by atoms with Crippen LogP contribution in [0.1, 0.15) is 71.1 Å². The van der Waals surface area contributed by atoms with Crippen LogP contribution >= 0.6 is 0 Å². The summed E-state index contributed by atoms with van der Waals surface area (Å²) in [5.74, 6) is 0.936. The molecule has 0 unspecified atom stereocenters. The molecule has 1 rings (SSSR count). The van der Waals surface area contributed by atoms with Gasteiger partial charge in [0.25, 0.3) is 0 Å². The maximum atomic E-state index is 11.2. The second kappa shape index (κ2) is 8.60. The fourth-order valence-electron chi connectivity index (χ4n) is 2.47. The zero-order valence-corrected chi connectivity index (χ0v) is 10.7. The van der Waals surface area contributed by atoms with Crippen molar-refractivity contribution in [2.45, 2.75) is 71.1 Å². The lowest BCUT2D eigenvalue weighted by Gasteiger charge is -2.21. The first-order valence-corrected chi connectivity index (χ1v) is 6.98. The van der Waals surface area contributed by atoms with Crippen LogP contribution < -0.4 is 0 Å². The van der Waals surface area contributed by atoms with Gasteiger partial charge in [0.15, 0.2) is 0 Å². The number of rotatable bonds is 7. The molecule has 2 nitrogen and oxygen atoms in total. The molecule has 0 bridgehead atoms. The summed E-state index contributed by atoms with van der Waals surface area (Å²) < 4.78 is 5.04. The molecule has 0 saturated heterocycles. The average Bonchev–Trinajstić information content (AvgIpc) is 2.33. The lowest BCUT2D eigenvalue weighted by atomic mass is 9.86. The molecule has 0 atom stereocenters. The van der Waals surface area contributed by atoms with Gasteiger partial charge in [-0.15, -0.1) is 0 Å². The Labute approximate surface area is 99.8 Å². The van der Waals surface area contributed by atoms with Crippen molar-refractivity contribution >= 4 is 5.97 Å². The van der Waals surface area contributed by atoms with Gasteiger partial charge in [0.1, 0.15) is 0 Å². The lowest BCUT2D eigenvalue weighted by Crippen LogP contribution is -2.07. The first kappa shape index (κ1) is 13.5. The second-order valence-electron chi connectivity index (χ2n) is 4.97. The molecular weight excluding hydrogens is 200 g/mol. The van der Waals surface area contributed by atoms with Crippen molar-refractivity contribution in [1.29, 1.82) is 0 Å². The van der Waals surface area contributed by atoms with Gasteiger partial charge in [-0.2, -0.15) is 0 Å². The normalized spacial score (nSPS) is 17.3. The molecular formula is C14H26O2. The molecule has 1 aliphatic rings. The molecule has 16 heavy (non-hydrogen) atoms.